The van der Waals surface area contributed by atoms with Crippen LogP contribution in [-0.2, 0) is 0 Å². The number of thiophene rings is 2. The van der Waals surface area contributed by atoms with E-state index < -0.39 is 0 Å². The van der Waals surface area contributed by atoms with E-state index in [9.17, 15) is 0 Å². The van der Waals surface area contributed by atoms with E-state index in [0.29, 0.717) is 0 Å². The van der Waals surface area contributed by atoms with Gasteiger partial charge in [-0.2, -0.15) is 0 Å². The van der Waals surface area contributed by atoms with E-state index in [-0.39, 0.29) is 0 Å². The molecular weight excluding hydrogens is 1330 g/mol. The number of benzene rings is 17. The Morgan fingerprint density at radius 3 is 1.01 bits per heavy atom. The van der Waals surface area contributed by atoms with Gasteiger partial charge in [-0.05, 0) is 163 Å². The van der Waals surface area contributed by atoms with Crippen LogP contribution in [0, 0.1) is 0 Å². The molecule has 4 nitrogen and oxygen atoms in total. The minimum atomic E-state index is 0.868. The highest BCUT2D eigenvalue weighted by Gasteiger charge is 2.24. The van der Waals surface area contributed by atoms with Crippen LogP contribution in [0.25, 0.3) is 162 Å². The van der Waals surface area contributed by atoms with Gasteiger partial charge in [-0.3, -0.25) is 0 Å². The monoisotopic (exact) mass is 1390 g/mol. The molecule has 0 amide bonds. The summed E-state index contributed by atoms with van der Waals surface area (Å²) in [6, 6.07) is 140. The molecule has 0 aliphatic rings. The van der Waals surface area contributed by atoms with Crippen molar-refractivity contribution >= 4 is 152 Å². The zero-order valence-electron chi connectivity index (χ0n) is 57.5. The highest BCUT2D eigenvalue weighted by atomic mass is 32.1. The first-order valence-corrected chi connectivity index (χ1v) is 37.6. The molecule has 4 heterocycles. The summed E-state index contributed by atoms with van der Waals surface area (Å²) in [5.41, 5.74) is 24.3. The predicted molar refractivity (Wildman–Crippen MR) is 453 cm³/mol. The fourth-order valence-corrected chi connectivity index (χ4v) is 18.2. The van der Waals surface area contributed by atoms with E-state index in [4.69, 9.17) is 8.83 Å². The van der Waals surface area contributed by atoms with E-state index in [0.717, 1.165) is 78.0 Å². The number of hydrogen-bond donors (Lipinski definition) is 0. The highest BCUT2D eigenvalue weighted by Crippen LogP contribution is 2.50. The van der Waals surface area contributed by atoms with Gasteiger partial charge in [-0.25, -0.2) is 0 Å². The second-order valence-corrected chi connectivity index (χ2v) is 29.1. The number of furan rings is 2. The van der Waals surface area contributed by atoms with Crippen LogP contribution in [0.15, 0.2) is 397 Å². The van der Waals surface area contributed by atoms with Gasteiger partial charge in [0.25, 0.3) is 0 Å². The maximum absolute atomic E-state index is 6.44. The molecule has 0 fully saturated rings. The van der Waals surface area contributed by atoms with Crippen LogP contribution in [0.5, 0.6) is 0 Å². The Balaban J connectivity index is 0.000000141. The lowest BCUT2D eigenvalue weighted by Crippen LogP contribution is -2.10. The average Bonchev–Trinajstić information content (AvgIpc) is 1.45. The van der Waals surface area contributed by atoms with Gasteiger partial charge in [0.05, 0.1) is 0 Å². The maximum atomic E-state index is 6.44. The van der Waals surface area contributed by atoms with Gasteiger partial charge in [0.1, 0.15) is 22.3 Å². The molecule has 0 aliphatic carbocycles. The third-order valence-corrected chi connectivity index (χ3v) is 23.2. The fraction of sp³-hybridized carbons (Fsp3) is 0. The molecule has 0 aliphatic heterocycles. The fourth-order valence-electron chi connectivity index (χ4n) is 15.7. The van der Waals surface area contributed by atoms with Gasteiger partial charge >= 0.3 is 0 Å². The first kappa shape index (κ1) is 62.4. The molecule has 0 saturated carbocycles. The summed E-state index contributed by atoms with van der Waals surface area (Å²) < 4.78 is 18.1. The minimum absolute atomic E-state index is 0.868. The predicted octanol–water partition coefficient (Wildman–Crippen LogP) is 30.0. The molecular formula is C100H64N2O2S2. The molecule has 0 radical (unpaired) electrons. The summed E-state index contributed by atoms with van der Waals surface area (Å²) in [4.78, 5) is 4.70. The number of anilines is 6. The molecule has 498 valence electrons. The van der Waals surface area contributed by atoms with Gasteiger partial charge in [0.15, 0.2) is 0 Å². The number of rotatable bonds is 12. The zero-order valence-corrected chi connectivity index (χ0v) is 59.1. The van der Waals surface area contributed by atoms with Crippen molar-refractivity contribution in [1.29, 1.82) is 0 Å². The summed E-state index contributed by atoms with van der Waals surface area (Å²) in [6.07, 6.45) is 0. The Morgan fingerprint density at radius 1 is 0.179 bits per heavy atom. The van der Waals surface area contributed by atoms with Crippen molar-refractivity contribution in [3.8, 4) is 66.8 Å². The molecule has 17 aromatic carbocycles. The molecule has 0 N–H and O–H groups in total. The summed E-state index contributed by atoms with van der Waals surface area (Å²) >= 11 is 3.75. The molecule has 21 aromatic rings. The lowest BCUT2D eigenvalue weighted by molar-refractivity contribution is 0.668. The molecule has 4 aromatic heterocycles. The SMILES string of the molecule is c1ccc(-c2cc(N(c3ccc(-c4cccc5ccccc45)cc3)c3ccc4c(c3)oc3ccccc34)ccc2-c2cccc3c2sc2ccccc23)cc1.c1ccc(-c2ccc(N(c3ccc(-c4cccc5c4sc4ccccc45)c(-c4ccccc4)c3)c3ccc4c(c3)oc3ccccc34)cc2)cc1. The van der Waals surface area contributed by atoms with Crippen molar-refractivity contribution < 1.29 is 8.83 Å². The molecule has 0 unspecified atom stereocenters. The number of fused-ring (bicyclic) bond motifs is 13. The van der Waals surface area contributed by atoms with E-state index >= 15 is 0 Å². The van der Waals surface area contributed by atoms with Gasteiger partial charge in [0.2, 0.25) is 0 Å². The first-order valence-electron chi connectivity index (χ1n) is 35.9. The van der Waals surface area contributed by atoms with Crippen LogP contribution < -0.4 is 9.80 Å². The first-order chi connectivity index (χ1) is 52.5. The summed E-state index contributed by atoms with van der Waals surface area (Å²) in [5.74, 6) is 0. The summed E-state index contributed by atoms with van der Waals surface area (Å²) in [7, 11) is 0. The number of para-hydroxylation sites is 2. The van der Waals surface area contributed by atoms with Crippen molar-refractivity contribution in [2.24, 2.45) is 0 Å². The van der Waals surface area contributed by atoms with Gasteiger partial charge in [0, 0.05) is 119 Å². The Morgan fingerprint density at radius 2 is 0.509 bits per heavy atom. The molecule has 0 saturated heterocycles. The third-order valence-electron chi connectivity index (χ3n) is 20.8. The third kappa shape index (κ3) is 11.1. The van der Waals surface area contributed by atoms with Gasteiger partial charge in [-0.15, -0.1) is 22.7 Å². The average molecular weight is 1390 g/mol. The Labute approximate surface area is 621 Å². The van der Waals surface area contributed by atoms with E-state index in [1.165, 1.54) is 118 Å². The van der Waals surface area contributed by atoms with Crippen molar-refractivity contribution in [1.82, 2.24) is 0 Å². The lowest BCUT2D eigenvalue weighted by atomic mass is 9.92. The molecule has 0 spiro atoms. The normalized spacial score (nSPS) is 11.6. The summed E-state index contributed by atoms with van der Waals surface area (Å²) in [5, 5.41) is 12.2. The van der Waals surface area contributed by atoms with Crippen LogP contribution in [0.3, 0.4) is 0 Å². The molecule has 0 atom stereocenters. The van der Waals surface area contributed by atoms with Crippen LogP contribution in [0.4, 0.5) is 34.1 Å². The van der Waals surface area contributed by atoms with E-state index in [2.05, 4.69) is 374 Å². The Kier molecular flexibility index (Phi) is 15.6. The van der Waals surface area contributed by atoms with Crippen LogP contribution in [-0.4, -0.2) is 0 Å². The molecule has 21 rings (SSSR count). The maximum Gasteiger partial charge on any atom is 0.137 e. The molecule has 0 bridgehead atoms. The smallest absolute Gasteiger partial charge is 0.137 e. The second kappa shape index (κ2) is 26.5. The van der Waals surface area contributed by atoms with Crippen LogP contribution in [0.1, 0.15) is 0 Å². The van der Waals surface area contributed by atoms with Gasteiger partial charge < -0.3 is 18.6 Å². The lowest BCUT2D eigenvalue weighted by Gasteiger charge is -2.27. The van der Waals surface area contributed by atoms with Crippen molar-refractivity contribution in [2.75, 3.05) is 9.80 Å². The van der Waals surface area contributed by atoms with Gasteiger partial charge in [-0.1, -0.05) is 279 Å². The highest BCUT2D eigenvalue weighted by molar-refractivity contribution is 7.26. The number of nitrogens with zero attached hydrogens (tertiary/aromatic N) is 2. The molecule has 106 heavy (non-hydrogen) atoms. The van der Waals surface area contributed by atoms with Crippen LogP contribution >= 0.6 is 22.7 Å². The zero-order chi connectivity index (χ0) is 70.0. The van der Waals surface area contributed by atoms with Crippen molar-refractivity contribution in [3.63, 3.8) is 0 Å². The minimum Gasteiger partial charge on any atom is -0.456 e. The Hall–Kier alpha value is -13.4. The van der Waals surface area contributed by atoms with Crippen LogP contribution in [0.2, 0.25) is 0 Å². The summed E-state index contributed by atoms with van der Waals surface area (Å²) in [6.45, 7) is 0. The Bertz CT molecular complexity index is 6890. The number of hydrogen-bond acceptors (Lipinski definition) is 6. The largest absolute Gasteiger partial charge is 0.456 e. The second-order valence-electron chi connectivity index (χ2n) is 27.0. The van der Waals surface area contributed by atoms with E-state index in [1.807, 2.05) is 46.9 Å². The standard InChI is InChI=1S/C52H33NOS.C48H31NOS/c1-2-12-35(13-3-1)48-32-38(28-30-42(48)46-20-11-21-47-45-18-7-9-23-51(45)55-52(46)47)53(39-29-31-44-43-17-6-8-22-49(43)54-50(44)33-39)37-26-24-36(25-27-37)41-19-10-15-34-14-4-5-16-40(34)41;1-3-12-32(13-4-1)33-22-24-35(25-23-33)49(37-27-29-40-39-16-7-9-20-45(39)50-46(40)31-37)36-26-28-38(44(30-36)34-14-5-2-6-15-34)42-18-11-19-43-41-17-8-10-21-47(41)51-48(42)43/h1-33H;1-31H. The quantitative estimate of drug-likeness (QED) is 0.122. The van der Waals surface area contributed by atoms with E-state index in [1.54, 1.807) is 0 Å². The van der Waals surface area contributed by atoms with Crippen molar-refractivity contribution in [2.45, 2.75) is 0 Å². The topological polar surface area (TPSA) is 32.8 Å². The van der Waals surface area contributed by atoms with Crippen molar-refractivity contribution in [3.05, 3.63) is 388 Å². The molecule has 6 heteroatoms.